The molecule has 6 nitrogen and oxygen atoms in total. The van der Waals surface area contributed by atoms with E-state index in [-0.39, 0.29) is 11.9 Å². The van der Waals surface area contributed by atoms with Crippen LogP contribution in [-0.4, -0.2) is 29.9 Å². The summed E-state index contributed by atoms with van der Waals surface area (Å²) in [5.41, 5.74) is 4.12. The number of aromatic nitrogens is 2. The Balaban J connectivity index is 1.61. The van der Waals surface area contributed by atoms with Gasteiger partial charge in [-0.1, -0.05) is 60.7 Å². The molecule has 0 bridgehead atoms. The number of amides is 1. The smallest absolute Gasteiger partial charge is 0.270 e. The van der Waals surface area contributed by atoms with Crippen LogP contribution in [-0.2, 0) is 13.5 Å². The minimum absolute atomic E-state index is 0.171. The zero-order valence-electron chi connectivity index (χ0n) is 19.0. The standard InChI is InChI=1S/C27H27N3O3/c1-30-25(18-24(29-30)22-15-14-21(32-2)17-26(22)33-3)27(31)28-23(20-12-8-5-9-13-20)16-19-10-6-4-7-11-19/h4-15,17-18,23H,16H2,1-3H3,(H,28,31). The lowest BCUT2D eigenvalue weighted by molar-refractivity contribution is 0.0927. The van der Waals surface area contributed by atoms with Gasteiger partial charge in [-0.05, 0) is 35.7 Å². The largest absolute Gasteiger partial charge is 0.497 e. The number of nitrogens with one attached hydrogen (secondary N) is 1. The Bertz CT molecular complexity index is 1220. The van der Waals surface area contributed by atoms with Crippen LogP contribution in [0.15, 0.2) is 84.9 Å². The Morgan fingerprint density at radius 2 is 1.64 bits per heavy atom. The van der Waals surface area contributed by atoms with Crippen LogP contribution >= 0.6 is 0 Å². The van der Waals surface area contributed by atoms with E-state index in [0.29, 0.717) is 29.3 Å². The number of hydrogen-bond donors (Lipinski definition) is 1. The van der Waals surface area contributed by atoms with E-state index in [4.69, 9.17) is 9.47 Å². The van der Waals surface area contributed by atoms with Crippen LogP contribution in [0, 0.1) is 0 Å². The average Bonchev–Trinajstić information content (AvgIpc) is 3.25. The van der Waals surface area contributed by atoms with Gasteiger partial charge in [-0.2, -0.15) is 5.10 Å². The molecule has 0 aliphatic rings. The quantitative estimate of drug-likeness (QED) is 0.426. The maximum atomic E-state index is 13.3. The van der Waals surface area contributed by atoms with Gasteiger partial charge in [0.15, 0.2) is 0 Å². The van der Waals surface area contributed by atoms with E-state index in [9.17, 15) is 4.79 Å². The van der Waals surface area contributed by atoms with Gasteiger partial charge in [-0.25, -0.2) is 0 Å². The molecule has 3 aromatic carbocycles. The van der Waals surface area contributed by atoms with Crippen molar-refractivity contribution in [2.75, 3.05) is 14.2 Å². The lowest BCUT2D eigenvalue weighted by Gasteiger charge is -2.19. The molecule has 168 valence electrons. The summed E-state index contributed by atoms with van der Waals surface area (Å²) in [7, 11) is 4.97. The first kappa shape index (κ1) is 22.1. The Morgan fingerprint density at radius 3 is 2.30 bits per heavy atom. The number of carbonyl (C=O) groups excluding carboxylic acids is 1. The molecule has 0 aliphatic heterocycles. The molecule has 33 heavy (non-hydrogen) atoms. The van der Waals surface area contributed by atoms with E-state index in [2.05, 4.69) is 22.5 Å². The van der Waals surface area contributed by atoms with Gasteiger partial charge in [-0.3, -0.25) is 9.48 Å². The summed E-state index contributed by atoms with van der Waals surface area (Å²) in [6.45, 7) is 0. The van der Waals surface area contributed by atoms with E-state index < -0.39 is 0 Å². The molecule has 0 radical (unpaired) electrons. The van der Waals surface area contributed by atoms with Crippen molar-refractivity contribution in [2.45, 2.75) is 12.5 Å². The van der Waals surface area contributed by atoms with Crippen molar-refractivity contribution in [3.05, 3.63) is 102 Å². The lowest BCUT2D eigenvalue weighted by atomic mass is 9.98. The Kier molecular flexibility index (Phi) is 6.74. The Hall–Kier alpha value is -4.06. The highest BCUT2D eigenvalue weighted by Crippen LogP contribution is 2.33. The normalized spacial score (nSPS) is 11.6. The van der Waals surface area contributed by atoms with Gasteiger partial charge in [-0.15, -0.1) is 0 Å². The number of methoxy groups -OCH3 is 2. The zero-order chi connectivity index (χ0) is 23.2. The zero-order valence-corrected chi connectivity index (χ0v) is 19.0. The van der Waals surface area contributed by atoms with Crippen molar-refractivity contribution in [1.29, 1.82) is 0 Å². The van der Waals surface area contributed by atoms with Gasteiger partial charge in [0, 0.05) is 18.7 Å². The van der Waals surface area contributed by atoms with Crippen LogP contribution in [0.2, 0.25) is 0 Å². The van der Waals surface area contributed by atoms with Gasteiger partial charge in [0.25, 0.3) is 5.91 Å². The predicted molar refractivity (Wildman–Crippen MR) is 129 cm³/mol. The van der Waals surface area contributed by atoms with Gasteiger partial charge < -0.3 is 14.8 Å². The molecule has 4 rings (SSSR count). The number of nitrogens with zero attached hydrogens (tertiary/aromatic N) is 2. The summed E-state index contributed by atoms with van der Waals surface area (Å²) in [5.74, 6) is 1.13. The molecule has 6 heteroatoms. The first-order chi connectivity index (χ1) is 16.1. The van der Waals surface area contributed by atoms with Crippen LogP contribution in [0.4, 0.5) is 0 Å². The number of aryl methyl sites for hydroxylation is 1. The summed E-state index contributed by atoms with van der Waals surface area (Å²) in [5, 5.41) is 7.76. The van der Waals surface area contributed by atoms with E-state index in [1.807, 2.05) is 60.7 Å². The van der Waals surface area contributed by atoms with Crippen LogP contribution in [0.3, 0.4) is 0 Å². The molecule has 0 saturated carbocycles. The summed E-state index contributed by atoms with van der Waals surface area (Å²) in [4.78, 5) is 13.3. The molecule has 1 N–H and O–H groups in total. The van der Waals surface area contributed by atoms with Crippen LogP contribution in [0.1, 0.15) is 27.7 Å². The Morgan fingerprint density at radius 1 is 0.939 bits per heavy atom. The van der Waals surface area contributed by atoms with Gasteiger partial charge in [0.1, 0.15) is 17.2 Å². The van der Waals surface area contributed by atoms with E-state index in [1.165, 1.54) is 0 Å². The number of carbonyl (C=O) groups is 1. The van der Waals surface area contributed by atoms with Crippen molar-refractivity contribution in [1.82, 2.24) is 15.1 Å². The molecule has 4 aromatic rings. The maximum absolute atomic E-state index is 13.3. The van der Waals surface area contributed by atoms with E-state index in [0.717, 1.165) is 16.7 Å². The second-order valence-corrected chi connectivity index (χ2v) is 7.73. The SMILES string of the molecule is COc1ccc(-c2cc(C(=O)NC(Cc3ccccc3)c3ccccc3)n(C)n2)c(OC)c1. The fourth-order valence-electron chi connectivity index (χ4n) is 3.84. The number of rotatable bonds is 8. The molecule has 1 unspecified atom stereocenters. The summed E-state index contributed by atoms with van der Waals surface area (Å²) >= 11 is 0. The third-order valence-corrected chi connectivity index (χ3v) is 5.59. The van der Waals surface area contributed by atoms with Crippen molar-refractivity contribution in [3.8, 4) is 22.8 Å². The monoisotopic (exact) mass is 441 g/mol. The third-order valence-electron chi connectivity index (χ3n) is 5.59. The topological polar surface area (TPSA) is 65.4 Å². The summed E-state index contributed by atoms with van der Waals surface area (Å²) in [6.07, 6.45) is 0.688. The summed E-state index contributed by atoms with van der Waals surface area (Å²) in [6, 6.07) is 27.3. The van der Waals surface area contributed by atoms with Gasteiger partial charge in [0.05, 0.1) is 26.0 Å². The average molecular weight is 442 g/mol. The fourth-order valence-corrected chi connectivity index (χ4v) is 3.84. The number of hydrogen-bond acceptors (Lipinski definition) is 4. The van der Waals surface area contributed by atoms with Crippen molar-refractivity contribution < 1.29 is 14.3 Å². The van der Waals surface area contributed by atoms with Crippen LogP contribution < -0.4 is 14.8 Å². The molecule has 0 fully saturated rings. The van der Waals surface area contributed by atoms with Crippen molar-refractivity contribution in [3.63, 3.8) is 0 Å². The molecule has 1 amide bonds. The third kappa shape index (κ3) is 5.06. The second-order valence-electron chi connectivity index (χ2n) is 7.73. The predicted octanol–water partition coefficient (Wildman–Crippen LogP) is 4.82. The number of benzene rings is 3. The van der Waals surface area contributed by atoms with Crippen LogP contribution in [0.25, 0.3) is 11.3 Å². The molecular formula is C27H27N3O3. The highest BCUT2D eigenvalue weighted by Gasteiger charge is 2.21. The first-order valence-electron chi connectivity index (χ1n) is 10.7. The second kappa shape index (κ2) is 10.0. The van der Waals surface area contributed by atoms with Gasteiger partial charge >= 0.3 is 0 Å². The van der Waals surface area contributed by atoms with Crippen molar-refractivity contribution >= 4 is 5.91 Å². The van der Waals surface area contributed by atoms with E-state index >= 15 is 0 Å². The van der Waals surface area contributed by atoms with E-state index in [1.54, 1.807) is 38.1 Å². The molecule has 1 atom stereocenters. The molecule has 1 heterocycles. The lowest BCUT2D eigenvalue weighted by Crippen LogP contribution is -2.31. The maximum Gasteiger partial charge on any atom is 0.270 e. The Labute approximate surface area is 193 Å². The first-order valence-corrected chi connectivity index (χ1v) is 10.7. The minimum atomic E-state index is -0.187. The number of ether oxygens (including phenoxy) is 2. The fraction of sp³-hybridized carbons (Fsp3) is 0.185. The van der Waals surface area contributed by atoms with Gasteiger partial charge in [0.2, 0.25) is 0 Å². The molecule has 0 aliphatic carbocycles. The summed E-state index contributed by atoms with van der Waals surface area (Å²) < 4.78 is 12.4. The molecule has 0 saturated heterocycles. The molecule has 0 spiro atoms. The highest BCUT2D eigenvalue weighted by atomic mass is 16.5. The van der Waals surface area contributed by atoms with Crippen molar-refractivity contribution in [2.24, 2.45) is 7.05 Å². The minimum Gasteiger partial charge on any atom is -0.497 e. The van der Waals surface area contributed by atoms with Crippen LogP contribution in [0.5, 0.6) is 11.5 Å². The highest BCUT2D eigenvalue weighted by molar-refractivity contribution is 5.94. The molecular weight excluding hydrogens is 414 g/mol. The molecule has 1 aromatic heterocycles.